The summed E-state index contributed by atoms with van der Waals surface area (Å²) in [6.07, 6.45) is -0.868. The van der Waals surface area contributed by atoms with Crippen LogP contribution in [0.15, 0.2) is 34.9 Å². The van der Waals surface area contributed by atoms with Crippen LogP contribution in [0, 0.1) is 0 Å². The molecule has 1 aromatic heterocycles. The molecule has 0 saturated heterocycles. The molecule has 0 radical (unpaired) electrons. The Kier molecular flexibility index (Phi) is 6.62. The fraction of sp³-hybridized carbons (Fsp3) is 0.412. The van der Waals surface area contributed by atoms with Crippen molar-refractivity contribution in [1.82, 2.24) is 10.3 Å². The first kappa shape index (κ1) is 19.8. The van der Waals surface area contributed by atoms with Gasteiger partial charge in [-0.3, -0.25) is 4.79 Å². The van der Waals surface area contributed by atoms with Crippen LogP contribution in [0.3, 0.4) is 0 Å². The molecule has 1 atom stereocenters. The lowest BCUT2D eigenvalue weighted by Crippen LogP contribution is -2.23. The van der Waals surface area contributed by atoms with Gasteiger partial charge in [0, 0.05) is 6.54 Å². The zero-order chi connectivity index (χ0) is 19.2. The maximum Gasteiger partial charge on any atom is 0.573 e. The van der Waals surface area contributed by atoms with Crippen molar-refractivity contribution < 1.29 is 27.1 Å². The largest absolute Gasteiger partial charge is 0.573 e. The highest BCUT2D eigenvalue weighted by atomic mass is 19.4. The van der Waals surface area contributed by atoms with Gasteiger partial charge >= 0.3 is 6.36 Å². The number of hydrogen-bond donors (Lipinski definition) is 2. The minimum Gasteiger partial charge on any atom is -0.446 e. The molecule has 1 unspecified atom stereocenters. The molecule has 0 fully saturated rings. The molecular weight excluding hydrogens is 351 g/mol. The summed E-state index contributed by atoms with van der Waals surface area (Å²) < 4.78 is 45.3. The number of amides is 1. The van der Waals surface area contributed by atoms with Gasteiger partial charge in [-0.2, -0.15) is 0 Å². The number of carbonyl (C=O) groups excluding carboxylic acids is 1. The van der Waals surface area contributed by atoms with E-state index in [-0.39, 0.29) is 24.0 Å². The van der Waals surface area contributed by atoms with E-state index in [1.54, 1.807) is 0 Å². The van der Waals surface area contributed by atoms with Crippen LogP contribution in [-0.2, 0) is 6.54 Å². The number of rotatable bonds is 8. The van der Waals surface area contributed by atoms with Crippen molar-refractivity contribution in [3.8, 4) is 5.75 Å². The standard InChI is InChI=1S/C17H20F3N3O3/c1-2-3-4-13(21)16-23-14(10-25-16)15(24)22-9-11-5-7-12(8-6-11)26-17(18,19)20/h5-8,10,13H,2-4,9,21H2,1H3,(H,22,24). The maximum absolute atomic E-state index is 12.1. The Balaban J connectivity index is 1.87. The molecule has 26 heavy (non-hydrogen) atoms. The topological polar surface area (TPSA) is 90.4 Å². The Morgan fingerprint density at radius 2 is 2.04 bits per heavy atom. The molecule has 1 amide bonds. The lowest BCUT2D eigenvalue weighted by molar-refractivity contribution is -0.274. The second kappa shape index (κ2) is 8.70. The van der Waals surface area contributed by atoms with E-state index in [4.69, 9.17) is 10.2 Å². The van der Waals surface area contributed by atoms with Gasteiger partial charge in [-0.15, -0.1) is 13.2 Å². The van der Waals surface area contributed by atoms with E-state index in [1.165, 1.54) is 30.5 Å². The Morgan fingerprint density at radius 3 is 2.65 bits per heavy atom. The molecule has 0 bridgehead atoms. The first-order valence-corrected chi connectivity index (χ1v) is 8.12. The minimum atomic E-state index is -4.74. The van der Waals surface area contributed by atoms with Crippen molar-refractivity contribution >= 4 is 5.91 Å². The molecule has 1 aromatic carbocycles. The van der Waals surface area contributed by atoms with Gasteiger partial charge in [-0.1, -0.05) is 31.9 Å². The Hall–Kier alpha value is -2.55. The van der Waals surface area contributed by atoms with E-state index >= 15 is 0 Å². The summed E-state index contributed by atoms with van der Waals surface area (Å²) in [4.78, 5) is 16.2. The quantitative estimate of drug-likeness (QED) is 0.739. The molecule has 0 spiro atoms. The van der Waals surface area contributed by atoms with E-state index in [2.05, 4.69) is 15.0 Å². The zero-order valence-corrected chi connectivity index (χ0v) is 14.2. The third-order valence-corrected chi connectivity index (χ3v) is 3.55. The third kappa shape index (κ3) is 6.07. The molecule has 0 aliphatic carbocycles. The molecule has 2 aromatic rings. The Bertz CT molecular complexity index is 714. The molecule has 0 aliphatic rings. The average Bonchev–Trinajstić information content (AvgIpc) is 3.07. The van der Waals surface area contributed by atoms with Crippen LogP contribution in [0.5, 0.6) is 5.75 Å². The number of benzene rings is 1. The van der Waals surface area contributed by atoms with Gasteiger partial charge in [0.2, 0.25) is 5.89 Å². The smallest absolute Gasteiger partial charge is 0.446 e. The molecule has 0 saturated carbocycles. The first-order valence-electron chi connectivity index (χ1n) is 8.12. The van der Waals surface area contributed by atoms with Gasteiger partial charge in [0.15, 0.2) is 5.69 Å². The molecule has 142 valence electrons. The van der Waals surface area contributed by atoms with E-state index < -0.39 is 12.3 Å². The number of aromatic nitrogens is 1. The van der Waals surface area contributed by atoms with Crippen LogP contribution in [0.25, 0.3) is 0 Å². The summed E-state index contributed by atoms with van der Waals surface area (Å²) in [5.74, 6) is -0.481. The molecule has 3 N–H and O–H groups in total. The van der Waals surface area contributed by atoms with Gasteiger partial charge in [0.05, 0.1) is 6.04 Å². The minimum absolute atomic E-state index is 0.101. The number of unbranched alkanes of at least 4 members (excludes halogenated alkanes) is 1. The number of hydrogen-bond acceptors (Lipinski definition) is 5. The number of nitrogens with one attached hydrogen (secondary N) is 1. The van der Waals surface area contributed by atoms with Gasteiger partial charge in [0.1, 0.15) is 12.0 Å². The lowest BCUT2D eigenvalue weighted by Gasteiger charge is -2.09. The highest BCUT2D eigenvalue weighted by Crippen LogP contribution is 2.22. The van der Waals surface area contributed by atoms with E-state index in [0.717, 1.165) is 12.8 Å². The highest BCUT2D eigenvalue weighted by Gasteiger charge is 2.30. The monoisotopic (exact) mass is 371 g/mol. The first-order chi connectivity index (χ1) is 12.3. The normalized spacial score (nSPS) is 12.7. The predicted octanol–water partition coefficient (Wildman–Crippen LogP) is 3.69. The summed E-state index contributed by atoms with van der Waals surface area (Å²) in [5.41, 5.74) is 6.65. The van der Waals surface area contributed by atoms with Crippen LogP contribution in [0.2, 0.25) is 0 Å². The molecule has 1 heterocycles. The van der Waals surface area contributed by atoms with E-state index in [0.29, 0.717) is 17.9 Å². The van der Waals surface area contributed by atoms with Crippen molar-refractivity contribution in [2.75, 3.05) is 0 Å². The summed E-state index contributed by atoms with van der Waals surface area (Å²) >= 11 is 0. The fourth-order valence-corrected chi connectivity index (χ4v) is 2.19. The van der Waals surface area contributed by atoms with Crippen molar-refractivity contribution in [2.24, 2.45) is 5.73 Å². The van der Waals surface area contributed by atoms with E-state index in [9.17, 15) is 18.0 Å². The number of carbonyl (C=O) groups is 1. The number of oxazole rings is 1. The number of alkyl halides is 3. The second-order valence-corrected chi connectivity index (χ2v) is 5.69. The lowest BCUT2D eigenvalue weighted by atomic mass is 10.1. The summed E-state index contributed by atoms with van der Waals surface area (Å²) in [6, 6.07) is 4.84. The van der Waals surface area contributed by atoms with Crippen LogP contribution in [0.1, 0.15) is 54.2 Å². The second-order valence-electron chi connectivity index (χ2n) is 5.69. The summed E-state index contributed by atoms with van der Waals surface area (Å²) in [5, 5.41) is 2.61. The predicted molar refractivity (Wildman–Crippen MR) is 87.3 cm³/mol. The van der Waals surface area contributed by atoms with Crippen LogP contribution < -0.4 is 15.8 Å². The van der Waals surface area contributed by atoms with E-state index in [1.807, 2.05) is 6.92 Å². The van der Waals surface area contributed by atoms with Crippen LogP contribution in [-0.4, -0.2) is 17.3 Å². The maximum atomic E-state index is 12.1. The number of ether oxygens (including phenoxy) is 1. The molecular formula is C17H20F3N3O3. The van der Waals surface area contributed by atoms with Crippen LogP contribution in [0.4, 0.5) is 13.2 Å². The summed E-state index contributed by atoms with van der Waals surface area (Å²) in [6.45, 7) is 2.16. The summed E-state index contributed by atoms with van der Waals surface area (Å²) in [7, 11) is 0. The number of halogens is 3. The van der Waals surface area contributed by atoms with Crippen molar-refractivity contribution in [1.29, 1.82) is 0 Å². The SMILES string of the molecule is CCCCC(N)c1nc(C(=O)NCc2ccc(OC(F)(F)F)cc2)co1. The van der Waals surface area contributed by atoms with Gasteiger partial charge in [-0.05, 0) is 24.1 Å². The Morgan fingerprint density at radius 1 is 1.35 bits per heavy atom. The van der Waals surface area contributed by atoms with Gasteiger partial charge < -0.3 is 20.2 Å². The average molecular weight is 371 g/mol. The Labute approximate surface area is 148 Å². The van der Waals surface area contributed by atoms with Crippen LogP contribution >= 0.6 is 0 Å². The highest BCUT2D eigenvalue weighted by molar-refractivity contribution is 5.91. The van der Waals surface area contributed by atoms with Crippen molar-refractivity contribution in [2.45, 2.75) is 45.1 Å². The number of nitrogens with two attached hydrogens (primary N) is 1. The van der Waals surface area contributed by atoms with Gasteiger partial charge in [-0.25, -0.2) is 4.98 Å². The van der Waals surface area contributed by atoms with Crippen molar-refractivity contribution in [3.05, 3.63) is 47.7 Å². The molecule has 6 nitrogen and oxygen atoms in total. The molecule has 9 heteroatoms. The van der Waals surface area contributed by atoms with Crippen molar-refractivity contribution in [3.63, 3.8) is 0 Å². The number of nitrogens with zero attached hydrogens (tertiary/aromatic N) is 1. The molecule has 0 aliphatic heterocycles. The molecule has 2 rings (SSSR count). The zero-order valence-electron chi connectivity index (χ0n) is 14.2. The third-order valence-electron chi connectivity index (χ3n) is 3.55. The fourth-order valence-electron chi connectivity index (χ4n) is 2.19. The van der Waals surface area contributed by atoms with Gasteiger partial charge in [0.25, 0.3) is 5.91 Å².